The molecule has 108 valence electrons. The molecular weight excluding hydrogens is 256 g/mol. The average Bonchev–Trinajstić information content (AvgIpc) is 2.45. The van der Waals surface area contributed by atoms with E-state index in [1.165, 1.54) is 0 Å². The third-order valence-electron chi connectivity index (χ3n) is 3.73. The first-order valence-electron chi connectivity index (χ1n) is 6.93. The zero-order chi connectivity index (χ0) is 14.5. The van der Waals surface area contributed by atoms with E-state index in [-0.39, 0.29) is 18.2 Å². The van der Waals surface area contributed by atoms with Crippen molar-refractivity contribution < 1.29 is 14.7 Å². The van der Waals surface area contributed by atoms with Crippen LogP contribution in [-0.2, 0) is 4.79 Å². The SMILES string of the molecule is Nc1ccc(C(=O)N2CCC[C@H](CCC(=O)O)C2)cc1. The molecule has 1 saturated heterocycles. The number of rotatable bonds is 4. The van der Waals surface area contributed by atoms with Gasteiger partial charge in [0.2, 0.25) is 0 Å². The number of hydrogen-bond donors (Lipinski definition) is 2. The number of anilines is 1. The number of hydrogen-bond acceptors (Lipinski definition) is 3. The Kier molecular flexibility index (Phi) is 4.61. The number of benzene rings is 1. The second-order valence-electron chi connectivity index (χ2n) is 5.31. The largest absolute Gasteiger partial charge is 0.481 e. The third kappa shape index (κ3) is 3.73. The molecule has 1 heterocycles. The lowest BCUT2D eigenvalue weighted by atomic mass is 9.93. The number of nitrogens with two attached hydrogens (primary N) is 1. The summed E-state index contributed by atoms with van der Waals surface area (Å²) in [7, 11) is 0. The molecule has 0 bridgehead atoms. The molecule has 1 aliphatic heterocycles. The van der Waals surface area contributed by atoms with Crippen LogP contribution in [-0.4, -0.2) is 35.0 Å². The lowest BCUT2D eigenvalue weighted by Gasteiger charge is -2.32. The van der Waals surface area contributed by atoms with Crippen LogP contribution in [0.25, 0.3) is 0 Å². The van der Waals surface area contributed by atoms with E-state index >= 15 is 0 Å². The molecular formula is C15H20N2O3. The Hall–Kier alpha value is -2.04. The summed E-state index contributed by atoms with van der Waals surface area (Å²) < 4.78 is 0. The van der Waals surface area contributed by atoms with Gasteiger partial charge in [-0.15, -0.1) is 0 Å². The maximum Gasteiger partial charge on any atom is 0.303 e. The van der Waals surface area contributed by atoms with E-state index in [9.17, 15) is 9.59 Å². The van der Waals surface area contributed by atoms with Gasteiger partial charge in [0.1, 0.15) is 0 Å². The van der Waals surface area contributed by atoms with Gasteiger partial charge in [0.25, 0.3) is 5.91 Å². The lowest BCUT2D eigenvalue weighted by Crippen LogP contribution is -2.40. The molecule has 1 fully saturated rings. The van der Waals surface area contributed by atoms with Gasteiger partial charge in [-0.1, -0.05) is 0 Å². The molecule has 0 spiro atoms. The number of carboxylic acid groups (broad SMARTS) is 1. The Morgan fingerprint density at radius 3 is 2.65 bits per heavy atom. The van der Waals surface area contributed by atoms with Crippen molar-refractivity contribution in [3.05, 3.63) is 29.8 Å². The van der Waals surface area contributed by atoms with Crippen LogP contribution in [0.5, 0.6) is 0 Å². The second-order valence-corrected chi connectivity index (χ2v) is 5.31. The van der Waals surface area contributed by atoms with Gasteiger partial charge in [0.15, 0.2) is 0 Å². The number of carbonyl (C=O) groups excluding carboxylic acids is 1. The summed E-state index contributed by atoms with van der Waals surface area (Å²) in [5.74, 6) is -0.477. The zero-order valence-corrected chi connectivity index (χ0v) is 11.4. The Morgan fingerprint density at radius 1 is 1.30 bits per heavy atom. The highest BCUT2D eigenvalue weighted by Gasteiger charge is 2.24. The van der Waals surface area contributed by atoms with Gasteiger partial charge >= 0.3 is 5.97 Å². The topological polar surface area (TPSA) is 83.6 Å². The Balaban J connectivity index is 1.96. The molecule has 1 aromatic rings. The van der Waals surface area contributed by atoms with Gasteiger partial charge in [0, 0.05) is 30.8 Å². The predicted molar refractivity (Wildman–Crippen MR) is 76.4 cm³/mol. The Morgan fingerprint density at radius 2 is 2.00 bits per heavy atom. The van der Waals surface area contributed by atoms with Crippen molar-refractivity contribution in [3.8, 4) is 0 Å². The van der Waals surface area contributed by atoms with Crippen molar-refractivity contribution in [1.82, 2.24) is 4.90 Å². The highest BCUT2D eigenvalue weighted by Crippen LogP contribution is 2.22. The fourth-order valence-corrected chi connectivity index (χ4v) is 2.62. The van der Waals surface area contributed by atoms with Crippen molar-refractivity contribution in [3.63, 3.8) is 0 Å². The number of nitrogens with zero attached hydrogens (tertiary/aromatic N) is 1. The van der Waals surface area contributed by atoms with Crippen molar-refractivity contribution in [1.29, 1.82) is 0 Å². The Bertz CT molecular complexity index is 484. The molecule has 5 nitrogen and oxygen atoms in total. The normalized spacial score (nSPS) is 18.8. The summed E-state index contributed by atoms with van der Waals surface area (Å²) in [5.41, 5.74) is 6.89. The van der Waals surface area contributed by atoms with Crippen LogP contribution in [0.1, 0.15) is 36.0 Å². The van der Waals surface area contributed by atoms with E-state index in [2.05, 4.69) is 0 Å². The second kappa shape index (κ2) is 6.41. The molecule has 1 aliphatic rings. The predicted octanol–water partition coefficient (Wildman–Crippen LogP) is 1.99. The maximum absolute atomic E-state index is 12.4. The smallest absolute Gasteiger partial charge is 0.303 e. The molecule has 0 radical (unpaired) electrons. The molecule has 0 aliphatic carbocycles. The van der Waals surface area contributed by atoms with Crippen molar-refractivity contribution >= 4 is 17.6 Å². The number of nitrogen functional groups attached to an aromatic ring is 1. The number of likely N-dealkylation sites (tertiary alicyclic amines) is 1. The number of amides is 1. The fourth-order valence-electron chi connectivity index (χ4n) is 2.62. The van der Waals surface area contributed by atoms with E-state index in [1.54, 1.807) is 24.3 Å². The van der Waals surface area contributed by atoms with E-state index < -0.39 is 5.97 Å². The minimum Gasteiger partial charge on any atom is -0.481 e. The minimum absolute atomic E-state index is 0.00465. The molecule has 2 rings (SSSR count). The van der Waals surface area contributed by atoms with Gasteiger partial charge < -0.3 is 15.7 Å². The molecule has 5 heteroatoms. The van der Waals surface area contributed by atoms with Crippen LogP contribution >= 0.6 is 0 Å². The van der Waals surface area contributed by atoms with Crippen molar-refractivity contribution in [2.24, 2.45) is 5.92 Å². The summed E-state index contributed by atoms with van der Waals surface area (Å²) >= 11 is 0. The van der Waals surface area contributed by atoms with Gasteiger partial charge in [0.05, 0.1) is 0 Å². The van der Waals surface area contributed by atoms with Crippen LogP contribution in [0, 0.1) is 5.92 Å². The van der Waals surface area contributed by atoms with E-state index in [4.69, 9.17) is 10.8 Å². The molecule has 20 heavy (non-hydrogen) atoms. The molecule has 0 unspecified atom stereocenters. The highest BCUT2D eigenvalue weighted by molar-refractivity contribution is 5.94. The first-order valence-corrected chi connectivity index (χ1v) is 6.93. The van der Waals surface area contributed by atoms with Gasteiger partial charge in [-0.3, -0.25) is 9.59 Å². The summed E-state index contributed by atoms with van der Waals surface area (Å²) in [4.78, 5) is 24.8. The van der Waals surface area contributed by atoms with Crippen LogP contribution in [0.2, 0.25) is 0 Å². The first-order chi connectivity index (χ1) is 9.56. The maximum atomic E-state index is 12.4. The van der Waals surface area contributed by atoms with Crippen LogP contribution in [0.3, 0.4) is 0 Å². The molecule has 0 aromatic heterocycles. The molecule has 0 saturated carbocycles. The fraction of sp³-hybridized carbons (Fsp3) is 0.467. The monoisotopic (exact) mass is 276 g/mol. The summed E-state index contributed by atoms with van der Waals surface area (Å²) in [6.07, 6.45) is 2.75. The first kappa shape index (κ1) is 14.4. The van der Waals surface area contributed by atoms with E-state index in [0.717, 1.165) is 19.4 Å². The van der Waals surface area contributed by atoms with E-state index in [1.807, 2.05) is 4.90 Å². The summed E-state index contributed by atoms with van der Waals surface area (Å²) in [5, 5.41) is 8.73. The molecule has 1 atom stereocenters. The standard InChI is InChI=1S/C15H20N2O3/c16-13-6-4-12(5-7-13)15(20)17-9-1-2-11(10-17)3-8-14(18)19/h4-7,11H,1-3,8-10,16H2,(H,18,19)/t11-/m1/s1. The number of carbonyl (C=O) groups is 2. The number of piperidine rings is 1. The third-order valence-corrected chi connectivity index (χ3v) is 3.73. The summed E-state index contributed by atoms with van der Waals surface area (Å²) in [6, 6.07) is 6.91. The van der Waals surface area contributed by atoms with E-state index in [0.29, 0.717) is 24.2 Å². The molecule has 3 N–H and O–H groups in total. The van der Waals surface area contributed by atoms with Gasteiger partial charge in [-0.25, -0.2) is 0 Å². The highest BCUT2D eigenvalue weighted by atomic mass is 16.4. The molecule has 1 aromatic carbocycles. The van der Waals surface area contributed by atoms with Gasteiger partial charge in [-0.2, -0.15) is 0 Å². The quantitative estimate of drug-likeness (QED) is 0.824. The van der Waals surface area contributed by atoms with Crippen molar-refractivity contribution in [2.75, 3.05) is 18.8 Å². The lowest BCUT2D eigenvalue weighted by molar-refractivity contribution is -0.137. The minimum atomic E-state index is -0.771. The van der Waals surface area contributed by atoms with Crippen LogP contribution in [0.4, 0.5) is 5.69 Å². The number of carboxylic acids is 1. The van der Waals surface area contributed by atoms with Crippen LogP contribution < -0.4 is 5.73 Å². The van der Waals surface area contributed by atoms with Crippen molar-refractivity contribution in [2.45, 2.75) is 25.7 Å². The summed E-state index contributed by atoms with van der Waals surface area (Å²) in [6.45, 7) is 1.39. The molecule has 1 amide bonds. The zero-order valence-electron chi connectivity index (χ0n) is 11.4. The Labute approximate surface area is 118 Å². The van der Waals surface area contributed by atoms with Gasteiger partial charge in [-0.05, 0) is 49.4 Å². The number of aliphatic carboxylic acids is 1. The van der Waals surface area contributed by atoms with Crippen LogP contribution in [0.15, 0.2) is 24.3 Å². The average molecular weight is 276 g/mol.